The van der Waals surface area contributed by atoms with E-state index in [2.05, 4.69) is 15.5 Å². The van der Waals surface area contributed by atoms with Crippen LogP contribution in [-0.2, 0) is 9.59 Å². The lowest BCUT2D eigenvalue weighted by atomic mass is 9.97. The summed E-state index contributed by atoms with van der Waals surface area (Å²) in [5.41, 5.74) is 6.91. The third-order valence-corrected chi connectivity index (χ3v) is 4.29. The number of benzene rings is 1. The zero-order valence-corrected chi connectivity index (χ0v) is 14.2. The van der Waals surface area contributed by atoms with E-state index in [0.717, 1.165) is 19.6 Å². The fourth-order valence-corrected chi connectivity index (χ4v) is 2.94. The van der Waals surface area contributed by atoms with E-state index in [0.29, 0.717) is 36.3 Å². The number of piperidine rings is 1. The number of rotatable bonds is 7. The summed E-state index contributed by atoms with van der Waals surface area (Å²) in [4.78, 5) is 35.9. The van der Waals surface area contributed by atoms with Crippen molar-refractivity contribution in [1.29, 1.82) is 0 Å². The van der Waals surface area contributed by atoms with Gasteiger partial charge in [-0.05, 0) is 44.1 Å². The maximum atomic E-state index is 11.5. The normalized spacial score (nSPS) is 15.6. The Morgan fingerprint density at radius 1 is 1.28 bits per heavy atom. The van der Waals surface area contributed by atoms with Crippen LogP contribution in [0.15, 0.2) is 18.2 Å². The molecule has 2 rings (SSSR count). The third-order valence-electron chi connectivity index (χ3n) is 4.29. The van der Waals surface area contributed by atoms with E-state index in [-0.39, 0.29) is 11.8 Å². The fraction of sp³-hybridized carbons (Fsp3) is 0.471. The van der Waals surface area contributed by atoms with Gasteiger partial charge in [0.25, 0.3) is 5.91 Å². The molecule has 0 spiro atoms. The first-order valence-electron chi connectivity index (χ1n) is 8.27. The molecule has 1 aromatic rings. The van der Waals surface area contributed by atoms with Crippen LogP contribution in [0, 0.1) is 5.92 Å². The molecule has 0 bridgehead atoms. The standard InChI is InChI=1S/C17H24N4O4/c1-11(22)20-13-2-3-14(16(18)23)15(10-13)19-6-9-21-7-4-12(5-8-21)17(24)25/h2-3,10,12,19H,4-9H2,1H3,(H2,18,23)(H,20,22)(H,24,25). The highest BCUT2D eigenvalue weighted by atomic mass is 16.4. The number of amides is 2. The number of nitrogens with zero attached hydrogens (tertiary/aromatic N) is 1. The molecule has 5 N–H and O–H groups in total. The topological polar surface area (TPSA) is 125 Å². The summed E-state index contributed by atoms with van der Waals surface area (Å²) in [5, 5.41) is 14.9. The van der Waals surface area contributed by atoms with Gasteiger partial charge in [0.2, 0.25) is 5.91 Å². The van der Waals surface area contributed by atoms with Gasteiger partial charge in [-0.15, -0.1) is 0 Å². The predicted octanol–water partition coefficient (Wildman–Crippen LogP) is 0.952. The SMILES string of the molecule is CC(=O)Nc1ccc(C(N)=O)c(NCCN2CCC(C(=O)O)CC2)c1. The van der Waals surface area contributed by atoms with Crippen LogP contribution in [0.4, 0.5) is 11.4 Å². The molecule has 0 radical (unpaired) electrons. The molecule has 0 atom stereocenters. The largest absolute Gasteiger partial charge is 0.481 e. The van der Waals surface area contributed by atoms with Crippen LogP contribution < -0.4 is 16.4 Å². The van der Waals surface area contributed by atoms with Crippen LogP contribution in [-0.4, -0.2) is 54.0 Å². The van der Waals surface area contributed by atoms with Crippen LogP contribution in [0.5, 0.6) is 0 Å². The van der Waals surface area contributed by atoms with Gasteiger partial charge in [0.15, 0.2) is 0 Å². The Morgan fingerprint density at radius 2 is 1.96 bits per heavy atom. The molecule has 8 heteroatoms. The van der Waals surface area contributed by atoms with E-state index < -0.39 is 11.9 Å². The number of nitrogens with two attached hydrogens (primary N) is 1. The number of likely N-dealkylation sites (tertiary alicyclic amines) is 1. The molecule has 8 nitrogen and oxygen atoms in total. The van der Waals surface area contributed by atoms with Crippen molar-refractivity contribution >= 4 is 29.2 Å². The van der Waals surface area contributed by atoms with E-state index in [9.17, 15) is 14.4 Å². The number of carbonyl (C=O) groups excluding carboxylic acids is 2. The number of carboxylic acids is 1. The lowest BCUT2D eigenvalue weighted by Crippen LogP contribution is -2.38. The molecule has 0 unspecified atom stereocenters. The fourth-order valence-electron chi connectivity index (χ4n) is 2.94. The van der Waals surface area contributed by atoms with E-state index in [1.54, 1.807) is 18.2 Å². The molecule has 1 saturated heterocycles. The number of anilines is 2. The number of hydrogen-bond donors (Lipinski definition) is 4. The Balaban J connectivity index is 1.92. The van der Waals surface area contributed by atoms with E-state index >= 15 is 0 Å². The molecule has 1 fully saturated rings. The second-order valence-electron chi connectivity index (χ2n) is 6.19. The number of carbonyl (C=O) groups is 3. The number of hydrogen-bond acceptors (Lipinski definition) is 5. The van der Waals surface area contributed by atoms with Crippen molar-refractivity contribution in [3.8, 4) is 0 Å². The molecule has 0 saturated carbocycles. The van der Waals surface area contributed by atoms with Crippen LogP contribution >= 0.6 is 0 Å². The maximum absolute atomic E-state index is 11.5. The predicted molar refractivity (Wildman–Crippen MR) is 94.6 cm³/mol. The second-order valence-corrected chi connectivity index (χ2v) is 6.19. The molecule has 0 aliphatic carbocycles. The summed E-state index contributed by atoms with van der Waals surface area (Å²) in [6.45, 7) is 4.22. The highest BCUT2D eigenvalue weighted by molar-refractivity contribution is 6.00. The Morgan fingerprint density at radius 3 is 2.52 bits per heavy atom. The lowest BCUT2D eigenvalue weighted by molar-refractivity contribution is -0.143. The van der Waals surface area contributed by atoms with Gasteiger partial charge in [-0.25, -0.2) is 0 Å². The van der Waals surface area contributed by atoms with Gasteiger partial charge in [0, 0.05) is 31.4 Å². The van der Waals surface area contributed by atoms with E-state index in [1.165, 1.54) is 6.92 Å². The minimum Gasteiger partial charge on any atom is -0.481 e. The summed E-state index contributed by atoms with van der Waals surface area (Å²) in [7, 11) is 0. The maximum Gasteiger partial charge on any atom is 0.306 e. The van der Waals surface area contributed by atoms with Gasteiger partial charge < -0.3 is 26.4 Å². The molecule has 1 aliphatic heterocycles. The van der Waals surface area contributed by atoms with Gasteiger partial charge >= 0.3 is 5.97 Å². The monoisotopic (exact) mass is 348 g/mol. The highest BCUT2D eigenvalue weighted by Crippen LogP contribution is 2.21. The summed E-state index contributed by atoms with van der Waals surface area (Å²) >= 11 is 0. The molecule has 25 heavy (non-hydrogen) atoms. The number of primary amides is 1. The van der Waals surface area contributed by atoms with Gasteiger partial charge in [-0.3, -0.25) is 14.4 Å². The van der Waals surface area contributed by atoms with Crippen molar-refractivity contribution in [2.24, 2.45) is 11.7 Å². The van der Waals surface area contributed by atoms with Crippen molar-refractivity contribution in [3.63, 3.8) is 0 Å². The minimum atomic E-state index is -0.723. The summed E-state index contributed by atoms with van der Waals surface area (Å²) in [6, 6.07) is 4.88. The summed E-state index contributed by atoms with van der Waals surface area (Å²) < 4.78 is 0. The minimum absolute atomic E-state index is 0.195. The Kier molecular flexibility index (Phi) is 6.35. The van der Waals surface area contributed by atoms with Crippen molar-refractivity contribution < 1.29 is 19.5 Å². The molecule has 1 aromatic carbocycles. The summed E-state index contributed by atoms with van der Waals surface area (Å²) in [6.07, 6.45) is 1.31. The van der Waals surface area contributed by atoms with Crippen molar-refractivity contribution in [1.82, 2.24) is 4.90 Å². The Bertz CT molecular complexity index is 654. The van der Waals surface area contributed by atoms with Crippen LogP contribution in [0.3, 0.4) is 0 Å². The third kappa shape index (κ3) is 5.46. The molecule has 0 aromatic heterocycles. The van der Waals surface area contributed by atoms with Gasteiger partial charge in [0.05, 0.1) is 11.5 Å². The van der Waals surface area contributed by atoms with Gasteiger partial charge in [0.1, 0.15) is 0 Å². The molecular formula is C17H24N4O4. The molecule has 136 valence electrons. The molecular weight excluding hydrogens is 324 g/mol. The zero-order chi connectivity index (χ0) is 18.4. The van der Waals surface area contributed by atoms with Gasteiger partial charge in [-0.1, -0.05) is 0 Å². The van der Waals surface area contributed by atoms with Crippen LogP contribution in [0.25, 0.3) is 0 Å². The smallest absolute Gasteiger partial charge is 0.306 e. The number of nitrogens with one attached hydrogen (secondary N) is 2. The van der Waals surface area contributed by atoms with Crippen LogP contribution in [0.2, 0.25) is 0 Å². The molecule has 2 amide bonds. The number of aliphatic carboxylic acids is 1. The van der Waals surface area contributed by atoms with Crippen LogP contribution in [0.1, 0.15) is 30.1 Å². The average molecular weight is 348 g/mol. The Labute approximate surface area is 146 Å². The second kappa shape index (κ2) is 8.48. The first kappa shape index (κ1) is 18.7. The number of carboxylic acid groups (broad SMARTS) is 1. The van der Waals surface area contributed by atoms with E-state index in [4.69, 9.17) is 10.8 Å². The zero-order valence-electron chi connectivity index (χ0n) is 14.2. The lowest BCUT2D eigenvalue weighted by Gasteiger charge is -2.30. The van der Waals surface area contributed by atoms with Gasteiger partial charge in [-0.2, -0.15) is 0 Å². The van der Waals surface area contributed by atoms with E-state index in [1.807, 2.05) is 0 Å². The molecule has 1 aliphatic rings. The highest BCUT2D eigenvalue weighted by Gasteiger charge is 2.24. The average Bonchev–Trinajstić information content (AvgIpc) is 2.54. The summed E-state index contributed by atoms with van der Waals surface area (Å²) in [5.74, 6) is -1.71. The van der Waals surface area contributed by atoms with Crippen molar-refractivity contribution in [2.45, 2.75) is 19.8 Å². The quantitative estimate of drug-likeness (QED) is 0.581. The van der Waals surface area contributed by atoms with Crippen molar-refractivity contribution in [2.75, 3.05) is 36.8 Å². The molecule has 1 heterocycles. The first-order valence-corrected chi connectivity index (χ1v) is 8.27. The first-order chi connectivity index (χ1) is 11.9. The Hall–Kier alpha value is -2.61. The van der Waals surface area contributed by atoms with Crippen molar-refractivity contribution in [3.05, 3.63) is 23.8 Å².